The quantitative estimate of drug-likeness (QED) is 0.207. The van der Waals surface area contributed by atoms with Gasteiger partial charge in [0.05, 0.1) is 0 Å². The fourth-order valence-corrected chi connectivity index (χ4v) is 3.04. The predicted molar refractivity (Wildman–Crippen MR) is 94.3 cm³/mol. The standard InChI is InChI=1S/C18H37O3Si/c1-19-18(20-2,21-3)16-14-12-10-8-6-4-5-7-9-11-13-15-17-22/h4-17H2,1-3H3. The van der Waals surface area contributed by atoms with Crippen LogP contribution in [0.25, 0.3) is 0 Å². The predicted octanol–water partition coefficient (Wildman–Crippen LogP) is 5.24. The molecule has 0 unspecified atom stereocenters. The lowest BCUT2D eigenvalue weighted by Crippen LogP contribution is -2.35. The Labute approximate surface area is 141 Å². The Morgan fingerprint density at radius 2 is 0.864 bits per heavy atom. The Balaban J connectivity index is 3.27. The normalized spacial score (nSPS) is 12.0. The van der Waals surface area contributed by atoms with Crippen molar-refractivity contribution >= 4 is 10.2 Å². The van der Waals surface area contributed by atoms with Crippen LogP contribution in [0.15, 0.2) is 0 Å². The van der Waals surface area contributed by atoms with E-state index in [9.17, 15) is 0 Å². The average Bonchev–Trinajstić information content (AvgIpc) is 2.56. The van der Waals surface area contributed by atoms with E-state index in [0.29, 0.717) is 0 Å². The molecule has 0 aliphatic rings. The molecule has 0 heterocycles. The summed E-state index contributed by atoms with van der Waals surface area (Å²) in [6.45, 7) is 0. The van der Waals surface area contributed by atoms with Crippen LogP contribution in [-0.2, 0) is 14.2 Å². The Kier molecular flexibility index (Phi) is 16.0. The minimum absolute atomic E-state index is 0.796. The van der Waals surface area contributed by atoms with Crippen LogP contribution in [0.4, 0.5) is 0 Å². The second kappa shape index (κ2) is 16.0. The van der Waals surface area contributed by atoms with Gasteiger partial charge in [-0.15, -0.1) is 0 Å². The SMILES string of the molecule is COC(CCCCCCCCCCCCCC[Si])(OC)OC. The van der Waals surface area contributed by atoms with Crippen molar-refractivity contribution in [3.8, 4) is 0 Å². The average molecular weight is 330 g/mol. The summed E-state index contributed by atoms with van der Waals surface area (Å²) < 4.78 is 15.9. The molecule has 0 bridgehead atoms. The maximum absolute atomic E-state index is 5.30. The van der Waals surface area contributed by atoms with Crippen molar-refractivity contribution in [2.75, 3.05) is 21.3 Å². The molecule has 3 nitrogen and oxygen atoms in total. The van der Waals surface area contributed by atoms with Crippen LogP contribution in [-0.4, -0.2) is 37.5 Å². The molecule has 0 fully saturated rings. The molecular formula is C18H37O3Si. The van der Waals surface area contributed by atoms with Gasteiger partial charge in [-0.1, -0.05) is 76.7 Å². The van der Waals surface area contributed by atoms with Gasteiger partial charge in [0.25, 0.3) is 5.97 Å². The van der Waals surface area contributed by atoms with Crippen molar-refractivity contribution in [2.45, 2.75) is 95.5 Å². The highest BCUT2D eigenvalue weighted by atomic mass is 28.1. The lowest BCUT2D eigenvalue weighted by atomic mass is 10.0. The van der Waals surface area contributed by atoms with Crippen LogP contribution >= 0.6 is 0 Å². The van der Waals surface area contributed by atoms with E-state index in [2.05, 4.69) is 10.2 Å². The molecular weight excluding hydrogens is 292 g/mol. The van der Waals surface area contributed by atoms with Gasteiger partial charge in [0.2, 0.25) is 0 Å². The van der Waals surface area contributed by atoms with Crippen molar-refractivity contribution < 1.29 is 14.2 Å². The van der Waals surface area contributed by atoms with Crippen LogP contribution in [0.1, 0.15) is 83.5 Å². The summed E-state index contributed by atoms with van der Waals surface area (Å²) in [6.07, 6.45) is 16.9. The molecule has 0 aromatic carbocycles. The lowest BCUT2D eigenvalue weighted by Gasteiger charge is -2.28. The highest BCUT2D eigenvalue weighted by molar-refractivity contribution is 6.08. The molecule has 0 aromatic heterocycles. The molecule has 0 amide bonds. The molecule has 0 N–H and O–H groups in total. The molecule has 0 rings (SSSR count). The number of unbranched alkanes of at least 4 members (excludes halogenated alkanes) is 11. The Morgan fingerprint density at radius 1 is 0.545 bits per heavy atom. The van der Waals surface area contributed by atoms with Crippen molar-refractivity contribution in [1.82, 2.24) is 0 Å². The molecule has 0 aliphatic carbocycles. The van der Waals surface area contributed by atoms with Gasteiger partial charge < -0.3 is 14.2 Å². The van der Waals surface area contributed by atoms with Crippen LogP contribution < -0.4 is 0 Å². The zero-order chi connectivity index (χ0) is 16.5. The monoisotopic (exact) mass is 329 g/mol. The first-order valence-electron chi connectivity index (χ1n) is 9.04. The first-order chi connectivity index (χ1) is 10.7. The Bertz CT molecular complexity index is 212. The molecule has 131 valence electrons. The molecule has 22 heavy (non-hydrogen) atoms. The van der Waals surface area contributed by atoms with Gasteiger partial charge in [0, 0.05) is 38.0 Å². The van der Waals surface area contributed by atoms with Crippen molar-refractivity contribution in [1.29, 1.82) is 0 Å². The molecule has 3 radical (unpaired) electrons. The molecule has 0 saturated heterocycles. The highest BCUT2D eigenvalue weighted by Gasteiger charge is 2.28. The van der Waals surface area contributed by atoms with Gasteiger partial charge in [0.15, 0.2) is 0 Å². The summed E-state index contributed by atoms with van der Waals surface area (Å²) in [5.41, 5.74) is 0. The number of rotatable bonds is 17. The minimum atomic E-state index is -0.839. The number of hydrogen-bond acceptors (Lipinski definition) is 3. The van der Waals surface area contributed by atoms with E-state index in [1.54, 1.807) is 21.3 Å². The van der Waals surface area contributed by atoms with Crippen LogP contribution in [0, 0.1) is 0 Å². The summed E-state index contributed by atoms with van der Waals surface area (Å²) >= 11 is 0. The number of methoxy groups -OCH3 is 3. The van der Waals surface area contributed by atoms with E-state index in [4.69, 9.17) is 14.2 Å². The third-order valence-corrected chi connectivity index (χ3v) is 4.70. The second-order valence-corrected chi connectivity index (χ2v) is 6.54. The summed E-state index contributed by atoms with van der Waals surface area (Å²) in [4.78, 5) is 0. The topological polar surface area (TPSA) is 27.7 Å². The largest absolute Gasteiger partial charge is 0.331 e. The maximum atomic E-state index is 5.30. The molecule has 0 aromatic rings. The molecule has 0 spiro atoms. The fraction of sp³-hybridized carbons (Fsp3) is 1.00. The summed E-state index contributed by atoms with van der Waals surface area (Å²) in [7, 11) is 8.42. The van der Waals surface area contributed by atoms with Gasteiger partial charge in [-0.25, -0.2) is 0 Å². The summed E-state index contributed by atoms with van der Waals surface area (Å²) in [6, 6.07) is 1.15. The zero-order valence-corrected chi connectivity index (χ0v) is 16.1. The molecule has 0 aliphatic heterocycles. The van der Waals surface area contributed by atoms with Gasteiger partial charge in [-0.2, -0.15) is 0 Å². The van der Waals surface area contributed by atoms with Crippen molar-refractivity contribution in [3.63, 3.8) is 0 Å². The Morgan fingerprint density at radius 3 is 1.18 bits per heavy atom. The van der Waals surface area contributed by atoms with Gasteiger partial charge in [0.1, 0.15) is 0 Å². The van der Waals surface area contributed by atoms with Gasteiger partial charge >= 0.3 is 0 Å². The van der Waals surface area contributed by atoms with E-state index in [0.717, 1.165) is 18.9 Å². The van der Waals surface area contributed by atoms with E-state index in [1.807, 2.05) is 0 Å². The second-order valence-electron chi connectivity index (χ2n) is 6.04. The molecule has 0 atom stereocenters. The third-order valence-electron chi connectivity index (χ3n) is 4.34. The molecule has 4 heteroatoms. The Hall–Kier alpha value is 0.0969. The van der Waals surface area contributed by atoms with Crippen molar-refractivity contribution in [3.05, 3.63) is 0 Å². The third kappa shape index (κ3) is 11.6. The smallest absolute Gasteiger partial charge is 0.282 e. The minimum Gasteiger partial charge on any atom is -0.331 e. The van der Waals surface area contributed by atoms with Gasteiger partial charge in [-0.3, -0.25) is 0 Å². The van der Waals surface area contributed by atoms with E-state index < -0.39 is 5.97 Å². The lowest BCUT2D eigenvalue weighted by molar-refractivity contribution is -0.355. The van der Waals surface area contributed by atoms with Gasteiger partial charge in [-0.05, 0) is 6.42 Å². The highest BCUT2D eigenvalue weighted by Crippen LogP contribution is 2.21. The molecule has 0 saturated carbocycles. The van der Waals surface area contributed by atoms with Crippen molar-refractivity contribution in [2.24, 2.45) is 0 Å². The number of hydrogen-bond donors (Lipinski definition) is 0. The first kappa shape index (κ1) is 22.1. The van der Waals surface area contributed by atoms with Crippen LogP contribution in [0.3, 0.4) is 0 Å². The zero-order valence-electron chi connectivity index (χ0n) is 15.1. The number of ether oxygens (including phenoxy) is 3. The summed E-state index contributed by atoms with van der Waals surface area (Å²) in [5.74, 6) is -0.839. The van der Waals surface area contributed by atoms with Crippen LogP contribution in [0.5, 0.6) is 0 Å². The van der Waals surface area contributed by atoms with Crippen LogP contribution in [0.2, 0.25) is 6.04 Å². The first-order valence-corrected chi connectivity index (χ1v) is 9.75. The fourth-order valence-electron chi connectivity index (χ4n) is 2.79. The maximum Gasteiger partial charge on any atom is 0.282 e. The van der Waals surface area contributed by atoms with E-state index in [1.165, 1.54) is 70.6 Å². The van der Waals surface area contributed by atoms with E-state index >= 15 is 0 Å². The summed E-state index contributed by atoms with van der Waals surface area (Å²) in [5, 5.41) is 0. The van der Waals surface area contributed by atoms with E-state index in [-0.39, 0.29) is 0 Å².